The van der Waals surface area contributed by atoms with Crippen molar-refractivity contribution < 1.29 is 43.1 Å². The van der Waals surface area contributed by atoms with Gasteiger partial charge >= 0.3 is 6.16 Å². The summed E-state index contributed by atoms with van der Waals surface area (Å²) in [4.78, 5) is 77.4. The zero-order chi connectivity index (χ0) is 57.5. The van der Waals surface area contributed by atoms with Crippen LogP contribution in [0.25, 0.3) is 0 Å². The maximum Gasteiger partial charge on any atom is 0.514 e. The van der Waals surface area contributed by atoms with E-state index in [1.807, 2.05) is 60.7 Å². The first-order chi connectivity index (χ1) is 39.0. The van der Waals surface area contributed by atoms with Crippen molar-refractivity contribution in [2.75, 3.05) is 18.5 Å². The van der Waals surface area contributed by atoms with Gasteiger partial charge in [0.25, 0.3) is 5.69 Å². The van der Waals surface area contributed by atoms with Gasteiger partial charge in [0, 0.05) is 56.7 Å². The fourth-order valence-electron chi connectivity index (χ4n) is 14.1. The maximum absolute atomic E-state index is 14.2. The molecule has 0 spiro atoms. The predicted octanol–water partition coefficient (Wildman–Crippen LogP) is 12.4. The topological polar surface area (TPSA) is 204 Å². The number of hydrogen-bond acceptors (Lipinski definition) is 10. The number of ether oxygens (including phenoxy) is 3. The van der Waals surface area contributed by atoms with Crippen molar-refractivity contribution in [2.24, 2.45) is 46.3 Å². The van der Waals surface area contributed by atoms with Crippen LogP contribution in [0.4, 0.5) is 16.2 Å². The average molecular weight is 1110 g/mol. The van der Waals surface area contributed by atoms with E-state index in [1.54, 1.807) is 29.8 Å². The Labute approximate surface area is 478 Å². The molecule has 15 nitrogen and oxygen atoms in total. The number of nitro benzene ring substituents is 1. The molecule has 0 saturated heterocycles. The van der Waals surface area contributed by atoms with Gasteiger partial charge in [-0.25, -0.2) is 4.79 Å². The van der Waals surface area contributed by atoms with Gasteiger partial charge in [0.15, 0.2) is 0 Å². The van der Waals surface area contributed by atoms with Gasteiger partial charge in [-0.1, -0.05) is 138 Å². The van der Waals surface area contributed by atoms with Crippen LogP contribution in [0.2, 0.25) is 0 Å². The van der Waals surface area contributed by atoms with E-state index < -0.39 is 40.9 Å². The summed E-state index contributed by atoms with van der Waals surface area (Å²) in [6.45, 7) is 13.3. The SMILES string of the molecule is CC(C)CCC[C@@H](C)[C@H]1CC[C@H]2[C@@H]3CC=C4CC(OCCCNC(=O)CCC(=O)N[C@@H](Cc5ccccc5)C(=O)N[C@@H](Cc5ccccc5)C(=O)Nc5ccc(COC(=O)Oc6ccc([N+](=O)[O-])cc6)cc5)CC[C@]4(C)[C@H]3CC[C@]12C. The van der Waals surface area contributed by atoms with Crippen molar-refractivity contribution in [1.29, 1.82) is 0 Å². The molecular formula is C66H85N5O10. The monoisotopic (exact) mass is 1110 g/mol. The number of carbonyl (C=O) groups excluding carboxylic acids is 5. The van der Waals surface area contributed by atoms with Crippen molar-refractivity contribution in [2.45, 2.75) is 162 Å². The summed E-state index contributed by atoms with van der Waals surface area (Å²) in [5, 5.41) is 22.5. The van der Waals surface area contributed by atoms with E-state index in [9.17, 15) is 34.1 Å². The lowest BCUT2D eigenvalue weighted by molar-refractivity contribution is -0.384. The molecule has 4 aromatic rings. The zero-order valence-corrected chi connectivity index (χ0v) is 48.1. The molecule has 10 atom stereocenters. The summed E-state index contributed by atoms with van der Waals surface area (Å²) in [7, 11) is 0. The molecule has 4 amide bonds. The number of nitrogens with one attached hydrogen (secondary N) is 4. The van der Waals surface area contributed by atoms with E-state index in [0.717, 1.165) is 59.5 Å². The molecular weight excluding hydrogens is 1020 g/mol. The first kappa shape index (κ1) is 60.2. The van der Waals surface area contributed by atoms with Crippen molar-refractivity contribution in [1.82, 2.24) is 16.0 Å². The van der Waals surface area contributed by atoms with Crippen molar-refractivity contribution in [3.8, 4) is 5.75 Å². The molecule has 0 aliphatic heterocycles. The van der Waals surface area contributed by atoms with Gasteiger partial charge in [0.2, 0.25) is 23.6 Å². The van der Waals surface area contributed by atoms with Crippen LogP contribution in [0, 0.1) is 56.5 Å². The standard InChI is InChI=1S/C66H85N5O10/c1-44(2)14-12-15-45(3)55-30-31-56-54-29-22-49-42-53(34-36-65(49,4)57(54)35-37-66(55,56)5)79-39-13-38-67-60(72)32-33-61(73)69-58(40-46-16-8-6-9-17-46)63(75)70-59(41-47-18-10-7-11-19-47)62(74)68-50-23-20-48(21-24-50)43-80-64(76)81-52-27-25-51(26-28-52)71(77)78/h6-11,16-28,44-45,53-59H,12-15,29-43H2,1-5H3,(H,67,72)(H,68,74)(H,69,73)(H,70,75)/t45-,53?,54+,55-,56+,57+,58+,59+,65+,66-/m1/s1. The fraction of sp³-hybridized carbons (Fsp3) is 0.530. The molecule has 4 N–H and O–H groups in total. The van der Waals surface area contributed by atoms with Crippen molar-refractivity contribution >= 4 is 41.2 Å². The van der Waals surface area contributed by atoms with E-state index in [2.05, 4.69) is 62.0 Å². The summed E-state index contributed by atoms with van der Waals surface area (Å²) in [5.74, 6) is 3.16. The first-order valence-electron chi connectivity index (χ1n) is 29.7. The molecule has 0 aromatic heterocycles. The Hall–Kier alpha value is -6.87. The highest BCUT2D eigenvalue weighted by atomic mass is 16.7. The molecule has 4 aliphatic rings. The quantitative estimate of drug-likeness (QED) is 0.0117. The van der Waals surface area contributed by atoms with Gasteiger partial charge in [0.1, 0.15) is 24.4 Å². The third-order valence-corrected chi connectivity index (χ3v) is 18.5. The number of fused-ring (bicyclic) bond motifs is 5. The van der Waals surface area contributed by atoms with Gasteiger partial charge in [-0.3, -0.25) is 29.3 Å². The fourth-order valence-corrected chi connectivity index (χ4v) is 14.1. The highest BCUT2D eigenvalue weighted by Gasteiger charge is 2.59. The Morgan fingerprint density at radius 1 is 0.704 bits per heavy atom. The first-order valence-corrected chi connectivity index (χ1v) is 29.7. The number of hydrogen-bond donors (Lipinski definition) is 4. The third-order valence-electron chi connectivity index (χ3n) is 18.5. The molecule has 81 heavy (non-hydrogen) atoms. The van der Waals surface area contributed by atoms with E-state index in [1.165, 1.54) is 82.1 Å². The molecule has 15 heteroatoms. The maximum atomic E-state index is 14.2. The number of nitrogens with zero attached hydrogens (tertiary/aromatic N) is 1. The summed E-state index contributed by atoms with van der Waals surface area (Å²) < 4.78 is 16.8. The average Bonchev–Trinajstić information content (AvgIpc) is 4.04. The summed E-state index contributed by atoms with van der Waals surface area (Å²) in [6, 6.07) is 27.9. The molecule has 1 unspecified atom stereocenters. The Kier molecular flexibility index (Phi) is 21.0. The molecule has 8 rings (SSSR count). The normalized spacial score (nSPS) is 23.9. The van der Waals surface area contributed by atoms with E-state index >= 15 is 0 Å². The molecule has 4 aromatic carbocycles. The zero-order valence-electron chi connectivity index (χ0n) is 48.1. The van der Waals surface area contributed by atoms with Crippen LogP contribution in [0.15, 0.2) is 121 Å². The van der Waals surface area contributed by atoms with Crippen LogP contribution >= 0.6 is 0 Å². The number of rotatable bonds is 26. The molecule has 0 heterocycles. The van der Waals surface area contributed by atoms with Gasteiger partial charge < -0.3 is 35.5 Å². The van der Waals surface area contributed by atoms with E-state index in [4.69, 9.17) is 14.2 Å². The minimum atomic E-state index is -1.06. The molecule has 3 saturated carbocycles. The summed E-state index contributed by atoms with van der Waals surface area (Å²) >= 11 is 0. The predicted molar refractivity (Wildman–Crippen MR) is 313 cm³/mol. The largest absolute Gasteiger partial charge is 0.514 e. The van der Waals surface area contributed by atoms with E-state index in [-0.39, 0.29) is 61.2 Å². The van der Waals surface area contributed by atoms with Gasteiger partial charge in [-0.15, -0.1) is 0 Å². The number of carbonyl (C=O) groups is 5. The third kappa shape index (κ3) is 16.2. The molecule has 3 fully saturated rings. The number of allylic oxidation sites excluding steroid dienone is 1. The number of nitro groups is 1. The number of anilines is 1. The Morgan fingerprint density at radius 2 is 1.37 bits per heavy atom. The van der Waals surface area contributed by atoms with Crippen LogP contribution in [-0.4, -0.2) is 66.0 Å². The highest BCUT2D eigenvalue weighted by molar-refractivity contribution is 5.99. The summed E-state index contributed by atoms with van der Waals surface area (Å²) in [5.41, 5.74) is 4.80. The Balaban J connectivity index is 0.776. The van der Waals surface area contributed by atoms with Gasteiger partial charge in [0.05, 0.1) is 11.0 Å². The second-order valence-corrected chi connectivity index (χ2v) is 24.4. The number of non-ortho nitro benzene ring substituents is 1. The van der Waals surface area contributed by atoms with Crippen LogP contribution in [0.1, 0.15) is 141 Å². The molecule has 4 aliphatic carbocycles. The van der Waals surface area contributed by atoms with Crippen LogP contribution in [-0.2, 0) is 48.1 Å². The highest BCUT2D eigenvalue weighted by Crippen LogP contribution is 2.67. The molecule has 0 bridgehead atoms. The minimum absolute atomic E-state index is 0.0574. The van der Waals surface area contributed by atoms with Crippen molar-refractivity contribution in [3.63, 3.8) is 0 Å². The van der Waals surface area contributed by atoms with Crippen LogP contribution < -0.4 is 26.0 Å². The van der Waals surface area contributed by atoms with Crippen molar-refractivity contribution in [3.05, 3.63) is 148 Å². The summed E-state index contributed by atoms with van der Waals surface area (Å²) in [6.07, 6.45) is 16.7. The Bertz CT molecular complexity index is 2790. The second kappa shape index (κ2) is 28.2. The molecule has 434 valence electrons. The second-order valence-electron chi connectivity index (χ2n) is 24.4. The minimum Gasteiger partial charge on any atom is -0.429 e. The van der Waals surface area contributed by atoms with E-state index in [0.29, 0.717) is 36.2 Å². The molecule has 0 radical (unpaired) electrons. The lowest BCUT2D eigenvalue weighted by atomic mass is 9.47. The Morgan fingerprint density at radius 3 is 2.04 bits per heavy atom. The number of benzene rings is 4. The lowest BCUT2D eigenvalue weighted by Crippen LogP contribution is -2.54. The van der Waals surface area contributed by atoms with Crippen LogP contribution in [0.3, 0.4) is 0 Å². The smallest absolute Gasteiger partial charge is 0.429 e. The van der Waals surface area contributed by atoms with Gasteiger partial charge in [-0.2, -0.15) is 0 Å². The van der Waals surface area contributed by atoms with Gasteiger partial charge in [-0.05, 0) is 145 Å². The van der Waals surface area contributed by atoms with Crippen LogP contribution in [0.5, 0.6) is 5.75 Å². The lowest BCUT2D eigenvalue weighted by Gasteiger charge is -2.58. The number of amides is 4.